The van der Waals surface area contributed by atoms with Crippen molar-refractivity contribution in [2.45, 2.75) is 0 Å². The van der Waals surface area contributed by atoms with Gasteiger partial charge in [0.15, 0.2) is 0 Å². The van der Waals surface area contributed by atoms with Gasteiger partial charge < -0.3 is 15.2 Å². The van der Waals surface area contributed by atoms with Crippen molar-refractivity contribution in [1.29, 1.82) is 0 Å². The van der Waals surface area contributed by atoms with Crippen LogP contribution in [0.4, 0.5) is 0 Å². The van der Waals surface area contributed by atoms with E-state index in [1.54, 1.807) is 24.3 Å². The van der Waals surface area contributed by atoms with E-state index in [4.69, 9.17) is 0 Å². The number of hydrogen-bond donors (Lipinski definition) is 2. The number of phenolic OH excluding ortho intramolecular Hbond substituents is 1. The Labute approximate surface area is 109 Å². The number of benzene rings is 2. The van der Waals surface area contributed by atoms with Crippen molar-refractivity contribution in [3.05, 3.63) is 41.5 Å². The smallest absolute Gasteiger partial charge is 0.338 e. The van der Waals surface area contributed by atoms with E-state index in [0.29, 0.717) is 16.3 Å². The first-order chi connectivity index (χ1) is 9.06. The number of hydrogen-bond acceptors (Lipinski definition) is 4. The Morgan fingerprint density at radius 1 is 1.16 bits per heavy atom. The summed E-state index contributed by atoms with van der Waals surface area (Å²) < 4.78 is 4.61. The highest BCUT2D eigenvalue weighted by molar-refractivity contribution is 6.02. The molecule has 2 aromatic carbocycles. The summed E-state index contributed by atoms with van der Waals surface area (Å²) in [6.07, 6.45) is 0. The Morgan fingerprint density at radius 2 is 1.84 bits per heavy atom. The molecule has 0 fully saturated rings. The first-order valence-electron chi connectivity index (χ1n) is 5.64. The molecule has 0 heterocycles. The van der Waals surface area contributed by atoms with Crippen molar-refractivity contribution in [1.82, 2.24) is 5.32 Å². The van der Waals surface area contributed by atoms with Gasteiger partial charge in [0.1, 0.15) is 5.75 Å². The highest BCUT2D eigenvalue weighted by atomic mass is 16.5. The molecule has 2 N–H and O–H groups in total. The van der Waals surface area contributed by atoms with Crippen LogP contribution in [0.1, 0.15) is 20.7 Å². The Kier molecular flexibility index (Phi) is 3.37. The van der Waals surface area contributed by atoms with Gasteiger partial charge in [-0.25, -0.2) is 4.79 Å². The molecule has 19 heavy (non-hydrogen) atoms. The molecule has 0 radical (unpaired) electrons. The van der Waals surface area contributed by atoms with Crippen LogP contribution in [0.3, 0.4) is 0 Å². The quantitative estimate of drug-likeness (QED) is 0.805. The minimum Gasteiger partial charge on any atom is -0.507 e. The highest BCUT2D eigenvalue weighted by Gasteiger charge is 2.11. The molecule has 2 aromatic rings. The summed E-state index contributed by atoms with van der Waals surface area (Å²) >= 11 is 0. The lowest BCUT2D eigenvalue weighted by Gasteiger charge is -2.07. The van der Waals surface area contributed by atoms with Gasteiger partial charge >= 0.3 is 5.97 Å². The fourth-order valence-electron chi connectivity index (χ4n) is 1.87. The van der Waals surface area contributed by atoms with Gasteiger partial charge in [0.25, 0.3) is 5.91 Å². The van der Waals surface area contributed by atoms with E-state index in [0.717, 1.165) is 0 Å². The monoisotopic (exact) mass is 259 g/mol. The summed E-state index contributed by atoms with van der Waals surface area (Å²) in [5.74, 6) is -0.797. The van der Waals surface area contributed by atoms with E-state index in [-0.39, 0.29) is 17.2 Å². The van der Waals surface area contributed by atoms with Gasteiger partial charge in [-0.15, -0.1) is 0 Å². The van der Waals surface area contributed by atoms with Gasteiger partial charge in [-0.05, 0) is 35.7 Å². The fraction of sp³-hybridized carbons (Fsp3) is 0.143. The lowest BCUT2D eigenvalue weighted by molar-refractivity contribution is 0.0600. The van der Waals surface area contributed by atoms with Crippen LogP contribution < -0.4 is 5.32 Å². The predicted molar refractivity (Wildman–Crippen MR) is 70.3 cm³/mol. The Balaban J connectivity index is 2.63. The van der Waals surface area contributed by atoms with Crippen LogP contribution in [0.25, 0.3) is 10.8 Å². The second-order valence-electron chi connectivity index (χ2n) is 4.00. The number of phenols is 1. The van der Waals surface area contributed by atoms with Crippen LogP contribution in [0.15, 0.2) is 30.3 Å². The number of nitrogens with one attached hydrogen (secondary N) is 1. The van der Waals surface area contributed by atoms with Crippen molar-refractivity contribution in [2.75, 3.05) is 14.2 Å². The lowest BCUT2D eigenvalue weighted by Crippen LogP contribution is -2.17. The third-order valence-electron chi connectivity index (χ3n) is 2.84. The van der Waals surface area contributed by atoms with Crippen LogP contribution in [-0.2, 0) is 4.74 Å². The summed E-state index contributed by atoms with van der Waals surface area (Å²) in [7, 11) is 2.80. The van der Waals surface area contributed by atoms with Gasteiger partial charge in [0.2, 0.25) is 0 Å². The largest absolute Gasteiger partial charge is 0.507 e. The van der Waals surface area contributed by atoms with Crippen LogP contribution in [-0.4, -0.2) is 31.1 Å². The summed E-state index contributed by atoms with van der Waals surface area (Å²) in [6.45, 7) is 0. The van der Waals surface area contributed by atoms with Crippen molar-refractivity contribution in [3.8, 4) is 5.75 Å². The standard InChI is InChI=1S/C14H13NO4/c1-15-13(17)8-3-4-11-9(5-8)6-10(7-12(11)16)14(18)19-2/h3-7,16H,1-2H3,(H,15,17). The number of carbonyl (C=O) groups is 2. The molecule has 2 rings (SSSR count). The molecule has 0 aromatic heterocycles. The molecule has 5 heteroatoms. The second-order valence-corrected chi connectivity index (χ2v) is 4.00. The average Bonchev–Trinajstić information content (AvgIpc) is 2.44. The van der Waals surface area contributed by atoms with Crippen LogP contribution >= 0.6 is 0 Å². The molecular formula is C14H13NO4. The van der Waals surface area contributed by atoms with Gasteiger partial charge in [-0.2, -0.15) is 0 Å². The lowest BCUT2D eigenvalue weighted by atomic mass is 10.0. The molecule has 0 unspecified atom stereocenters. The molecule has 0 aliphatic carbocycles. The van der Waals surface area contributed by atoms with E-state index < -0.39 is 5.97 Å². The molecule has 0 bridgehead atoms. The molecule has 1 amide bonds. The first-order valence-corrected chi connectivity index (χ1v) is 5.64. The van der Waals surface area contributed by atoms with E-state index in [9.17, 15) is 14.7 Å². The SMILES string of the molecule is CNC(=O)c1ccc2c(O)cc(C(=O)OC)cc2c1. The van der Waals surface area contributed by atoms with Crippen molar-refractivity contribution in [2.24, 2.45) is 0 Å². The number of esters is 1. The first kappa shape index (κ1) is 12.9. The van der Waals surface area contributed by atoms with Crippen LogP contribution in [0.2, 0.25) is 0 Å². The number of ether oxygens (including phenoxy) is 1. The van der Waals surface area contributed by atoms with E-state index in [1.165, 1.54) is 20.2 Å². The number of aromatic hydroxyl groups is 1. The summed E-state index contributed by atoms with van der Waals surface area (Å²) in [6, 6.07) is 7.77. The number of rotatable bonds is 2. The fourth-order valence-corrected chi connectivity index (χ4v) is 1.87. The van der Waals surface area contributed by atoms with Gasteiger partial charge in [-0.3, -0.25) is 4.79 Å². The van der Waals surface area contributed by atoms with Crippen molar-refractivity contribution in [3.63, 3.8) is 0 Å². The third-order valence-corrected chi connectivity index (χ3v) is 2.84. The number of fused-ring (bicyclic) bond motifs is 1. The molecule has 0 saturated heterocycles. The summed E-state index contributed by atoms with van der Waals surface area (Å²) in [5, 5.41) is 13.6. The number of carbonyl (C=O) groups excluding carboxylic acids is 2. The maximum atomic E-state index is 11.6. The van der Waals surface area contributed by atoms with E-state index in [2.05, 4.69) is 10.1 Å². The van der Waals surface area contributed by atoms with E-state index >= 15 is 0 Å². The number of methoxy groups -OCH3 is 1. The Bertz CT molecular complexity index is 659. The van der Waals surface area contributed by atoms with Crippen molar-refractivity contribution < 1.29 is 19.4 Å². The van der Waals surface area contributed by atoms with Gasteiger partial charge in [0.05, 0.1) is 12.7 Å². The molecule has 0 aliphatic heterocycles. The third kappa shape index (κ3) is 2.35. The Morgan fingerprint density at radius 3 is 2.47 bits per heavy atom. The van der Waals surface area contributed by atoms with Crippen molar-refractivity contribution >= 4 is 22.6 Å². The van der Waals surface area contributed by atoms with Gasteiger partial charge in [-0.1, -0.05) is 0 Å². The molecule has 0 saturated carbocycles. The van der Waals surface area contributed by atoms with Gasteiger partial charge in [0, 0.05) is 18.0 Å². The zero-order valence-corrected chi connectivity index (χ0v) is 10.6. The number of amides is 1. The molecule has 0 spiro atoms. The minimum absolute atomic E-state index is 0.0265. The zero-order chi connectivity index (χ0) is 14.0. The minimum atomic E-state index is -0.539. The normalized spacial score (nSPS) is 10.2. The summed E-state index contributed by atoms with van der Waals surface area (Å²) in [5.41, 5.74) is 0.693. The Hall–Kier alpha value is -2.56. The topological polar surface area (TPSA) is 75.6 Å². The molecular weight excluding hydrogens is 246 g/mol. The molecule has 0 atom stereocenters. The summed E-state index contributed by atoms with van der Waals surface area (Å²) in [4.78, 5) is 23.0. The van der Waals surface area contributed by atoms with Crippen LogP contribution in [0, 0.1) is 0 Å². The van der Waals surface area contributed by atoms with E-state index in [1.807, 2.05) is 0 Å². The van der Waals surface area contributed by atoms with Crippen LogP contribution in [0.5, 0.6) is 5.75 Å². The maximum absolute atomic E-state index is 11.6. The molecule has 0 aliphatic rings. The predicted octanol–water partition coefficient (Wildman–Crippen LogP) is 1.69. The second kappa shape index (κ2) is 4.97. The maximum Gasteiger partial charge on any atom is 0.338 e. The highest BCUT2D eigenvalue weighted by Crippen LogP contribution is 2.27. The molecule has 98 valence electrons. The zero-order valence-electron chi connectivity index (χ0n) is 10.6. The average molecular weight is 259 g/mol. The molecule has 5 nitrogen and oxygen atoms in total.